The molecule has 0 aliphatic heterocycles. The fraction of sp³-hybridized carbons (Fsp3) is 0.273. The van der Waals surface area contributed by atoms with Crippen LogP contribution in [0.4, 0.5) is 0 Å². The highest BCUT2D eigenvalue weighted by atomic mass is 16.5. The van der Waals surface area contributed by atoms with Crippen LogP contribution in [0.15, 0.2) is 36.9 Å². The van der Waals surface area contributed by atoms with Gasteiger partial charge in [0.05, 0.1) is 12.7 Å². The van der Waals surface area contributed by atoms with E-state index < -0.39 is 6.10 Å². The maximum Gasteiger partial charge on any atom is 0.119 e. The second-order valence-corrected chi connectivity index (χ2v) is 2.68. The van der Waals surface area contributed by atoms with Gasteiger partial charge in [0.15, 0.2) is 0 Å². The highest BCUT2D eigenvalue weighted by Crippen LogP contribution is 2.17. The van der Waals surface area contributed by atoms with Crippen LogP contribution in [0.2, 0.25) is 0 Å². The first-order valence-electron chi connectivity index (χ1n) is 4.31. The van der Waals surface area contributed by atoms with Gasteiger partial charge in [-0.1, -0.05) is 18.2 Å². The lowest BCUT2D eigenvalue weighted by Crippen LogP contribution is -1.94. The molecule has 0 aliphatic carbocycles. The molecule has 0 spiro atoms. The van der Waals surface area contributed by atoms with Gasteiger partial charge in [-0.2, -0.15) is 0 Å². The SMILES string of the molecule is C=CC(O)c1ccc(OCC)cc1. The van der Waals surface area contributed by atoms with Crippen molar-refractivity contribution in [2.75, 3.05) is 6.61 Å². The molecule has 1 aromatic carbocycles. The number of rotatable bonds is 4. The molecular weight excluding hydrogens is 164 g/mol. The average molecular weight is 178 g/mol. The summed E-state index contributed by atoms with van der Waals surface area (Å²) < 4.78 is 5.27. The lowest BCUT2D eigenvalue weighted by atomic mass is 10.1. The Labute approximate surface area is 78.5 Å². The van der Waals surface area contributed by atoms with Crippen LogP contribution < -0.4 is 4.74 Å². The molecular formula is C11H14O2. The van der Waals surface area contributed by atoms with Gasteiger partial charge in [0.2, 0.25) is 0 Å². The molecule has 1 unspecified atom stereocenters. The molecule has 0 fully saturated rings. The van der Waals surface area contributed by atoms with Gasteiger partial charge in [-0.15, -0.1) is 6.58 Å². The molecule has 0 heterocycles. The summed E-state index contributed by atoms with van der Waals surface area (Å²) in [6.45, 7) is 6.11. The molecule has 1 rings (SSSR count). The summed E-state index contributed by atoms with van der Waals surface area (Å²) in [6.07, 6.45) is 0.908. The third-order valence-corrected chi connectivity index (χ3v) is 1.76. The summed E-state index contributed by atoms with van der Waals surface area (Å²) in [5.41, 5.74) is 0.832. The first kappa shape index (κ1) is 9.81. The predicted molar refractivity (Wildman–Crippen MR) is 52.8 cm³/mol. The Balaban J connectivity index is 2.74. The summed E-state index contributed by atoms with van der Waals surface area (Å²) in [6, 6.07) is 7.34. The van der Waals surface area contributed by atoms with Crippen LogP contribution in [0.3, 0.4) is 0 Å². The second-order valence-electron chi connectivity index (χ2n) is 2.68. The second kappa shape index (κ2) is 4.67. The van der Waals surface area contributed by atoms with Crippen LogP contribution in [0, 0.1) is 0 Å². The van der Waals surface area contributed by atoms with Crippen LogP contribution in [0.5, 0.6) is 5.75 Å². The van der Waals surface area contributed by atoms with E-state index in [0.717, 1.165) is 11.3 Å². The van der Waals surface area contributed by atoms with Crippen molar-refractivity contribution < 1.29 is 9.84 Å². The Kier molecular flexibility index (Phi) is 3.53. The van der Waals surface area contributed by atoms with Crippen molar-refractivity contribution in [2.45, 2.75) is 13.0 Å². The summed E-state index contributed by atoms with van der Waals surface area (Å²) in [5.74, 6) is 0.822. The zero-order chi connectivity index (χ0) is 9.68. The minimum atomic E-state index is -0.587. The maximum atomic E-state index is 9.39. The molecule has 0 saturated carbocycles. The number of benzene rings is 1. The highest BCUT2D eigenvalue weighted by Gasteiger charge is 2.01. The molecule has 2 nitrogen and oxygen atoms in total. The van der Waals surface area contributed by atoms with E-state index in [4.69, 9.17) is 4.74 Å². The lowest BCUT2D eigenvalue weighted by molar-refractivity contribution is 0.229. The van der Waals surface area contributed by atoms with E-state index in [1.807, 2.05) is 31.2 Å². The Morgan fingerprint density at radius 3 is 2.54 bits per heavy atom. The van der Waals surface area contributed by atoms with E-state index in [-0.39, 0.29) is 0 Å². The predicted octanol–water partition coefficient (Wildman–Crippen LogP) is 2.30. The van der Waals surface area contributed by atoms with Gasteiger partial charge in [-0.05, 0) is 24.6 Å². The standard InChI is InChI=1S/C11H14O2/c1-3-11(12)9-5-7-10(8-6-9)13-4-2/h3,5-8,11-12H,1,4H2,2H3. The Bertz CT molecular complexity index is 264. The van der Waals surface area contributed by atoms with Crippen molar-refractivity contribution >= 4 is 0 Å². The summed E-state index contributed by atoms with van der Waals surface area (Å²) in [5, 5.41) is 9.39. The van der Waals surface area contributed by atoms with Crippen LogP contribution in [0.1, 0.15) is 18.6 Å². The van der Waals surface area contributed by atoms with Gasteiger partial charge < -0.3 is 9.84 Å². The minimum Gasteiger partial charge on any atom is -0.494 e. The Morgan fingerprint density at radius 1 is 1.46 bits per heavy atom. The van der Waals surface area contributed by atoms with E-state index in [9.17, 15) is 5.11 Å². The number of hydrogen-bond acceptors (Lipinski definition) is 2. The maximum absolute atomic E-state index is 9.39. The third-order valence-electron chi connectivity index (χ3n) is 1.76. The van der Waals surface area contributed by atoms with Crippen molar-refractivity contribution in [3.05, 3.63) is 42.5 Å². The van der Waals surface area contributed by atoms with Crippen molar-refractivity contribution in [1.82, 2.24) is 0 Å². The molecule has 2 heteroatoms. The van der Waals surface area contributed by atoms with E-state index >= 15 is 0 Å². The van der Waals surface area contributed by atoms with Gasteiger partial charge >= 0.3 is 0 Å². The molecule has 70 valence electrons. The number of aliphatic hydroxyl groups is 1. The van der Waals surface area contributed by atoms with E-state index in [1.165, 1.54) is 6.08 Å². The molecule has 0 saturated heterocycles. The number of ether oxygens (including phenoxy) is 1. The van der Waals surface area contributed by atoms with Crippen molar-refractivity contribution in [3.63, 3.8) is 0 Å². The Morgan fingerprint density at radius 2 is 2.08 bits per heavy atom. The molecule has 0 radical (unpaired) electrons. The molecule has 1 N–H and O–H groups in total. The normalized spacial score (nSPS) is 12.2. The van der Waals surface area contributed by atoms with Crippen molar-refractivity contribution in [2.24, 2.45) is 0 Å². The quantitative estimate of drug-likeness (QED) is 0.717. The topological polar surface area (TPSA) is 29.5 Å². The molecule has 1 aromatic rings. The molecule has 0 bridgehead atoms. The van der Waals surface area contributed by atoms with E-state index in [1.54, 1.807) is 0 Å². The Hall–Kier alpha value is -1.28. The highest BCUT2D eigenvalue weighted by molar-refractivity contribution is 5.29. The third kappa shape index (κ3) is 2.60. The van der Waals surface area contributed by atoms with Crippen LogP contribution in [-0.2, 0) is 0 Å². The summed E-state index contributed by atoms with van der Waals surface area (Å²) in [7, 11) is 0. The first-order chi connectivity index (χ1) is 6.27. The van der Waals surface area contributed by atoms with Gasteiger partial charge in [-0.25, -0.2) is 0 Å². The van der Waals surface area contributed by atoms with Crippen molar-refractivity contribution in [1.29, 1.82) is 0 Å². The first-order valence-corrected chi connectivity index (χ1v) is 4.31. The van der Waals surface area contributed by atoms with Crippen LogP contribution in [-0.4, -0.2) is 11.7 Å². The smallest absolute Gasteiger partial charge is 0.119 e. The molecule has 0 aromatic heterocycles. The van der Waals surface area contributed by atoms with Gasteiger partial charge in [-0.3, -0.25) is 0 Å². The van der Waals surface area contributed by atoms with Crippen molar-refractivity contribution in [3.8, 4) is 5.75 Å². The monoisotopic (exact) mass is 178 g/mol. The number of aliphatic hydroxyl groups excluding tert-OH is 1. The zero-order valence-electron chi connectivity index (χ0n) is 7.73. The zero-order valence-corrected chi connectivity index (χ0v) is 7.73. The molecule has 0 aliphatic rings. The molecule has 0 amide bonds. The fourth-order valence-corrected chi connectivity index (χ4v) is 1.06. The largest absolute Gasteiger partial charge is 0.494 e. The minimum absolute atomic E-state index is 0.587. The van der Waals surface area contributed by atoms with E-state index in [2.05, 4.69) is 6.58 Å². The van der Waals surface area contributed by atoms with Crippen LogP contribution >= 0.6 is 0 Å². The number of hydrogen-bond donors (Lipinski definition) is 1. The fourth-order valence-electron chi connectivity index (χ4n) is 1.06. The van der Waals surface area contributed by atoms with Gasteiger partial charge in [0.25, 0.3) is 0 Å². The lowest BCUT2D eigenvalue weighted by Gasteiger charge is -2.07. The summed E-state index contributed by atoms with van der Waals surface area (Å²) in [4.78, 5) is 0. The van der Waals surface area contributed by atoms with E-state index in [0.29, 0.717) is 6.61 Å². The summed E-state index contributed by atoms with van der Waals surface area (Å²) >= 11 is 0. The molecule has 1 atom stereocenters. The van der Waals surface area contributed by atoms with Gasteiger partial charge in [0.1, 0.15) is 5.75 Å². The van der Waals surface area contributed by atoms with Gasteiger partial charge in [0, 0.05) is 0 Å². The van der Waals surface area contributed by atoms with Crippen LogP contribution in [0.25, 0.3) is 0 Å². The molecule has 13 heavy (non-hydrogen) atoms. The average Bonchev–Trinajstić information content (AvgIpc) is 2.18.